The van der Waals surface area contributed by atoms with E-state index in [1.807, 2.05) is 0 Å². The van der Waals surface area contributed by atoms with Crippen molar-refractivity contribution in [3.8, 4) is 0 Å². The number of carbonyl (C=O) groups is 1. The van der Waals surface area contributed by atoms with E-state index >= 15 is 0 Å². The maximum Gasteiger partial charge on any atom is 0.407 e. The van der Waals surface area contributed by atoms with Crippen LogP contribution in [0.1, 0.15) is 27.6 Å². The molecule has 0 aromatic heterocycles. The summed E-state index contributed by atoms with van der Waals surface area (Å²) >= 11 is 0. The van der Waals surface area contributed by atoms with E-state index in [-0.39, 0.29) is 13.6 Å². The van der Waals surface area contributed by atoms with Crippen LogP contribution in [0.3, 0.4) is 0 Å². The van der Waals surface area contributed by atoms with E-state index in [0.29, 0.717) is 5.92 Å². The highest BCUT2D eigenvalue weighted by Crippen LogP contribution is 2.35. The van der Waals surface area contributed by atoms with Gasteiger partial charge in [0.15, 0.2) is 0 Å². The van der Waals surface area contributed by atoms with Gasteiger partial charge in [0, 0.05) is 1.43 Å². The first-order chi connectivity index (χ1) is 6.19. The van der Waals surface area contributed by atoms with Crippen LogP contribution in [0, 0.1) is 5.92 Å². The zero-order chi connectivity index (χ0) is 9.84. The van der Waals surface area contributed by atoms with Gasteiger partial charge in [-0.1, -0.05) is 19.1 Å². The topological polar surface area (TPSA) is 38.3 Å². The maximum atomic E-state index is 11.0. The van der Waals surface area contributed by atoms with Crippen molar-refractivity contribution in [2.45, 2.75) is 32.2 Å². The molecule has 1 aliphatic carbocycles. The van der Waals surface area contributed by atoms with Gasteiger partial charge in [0.2, 0.25) is 0 Å². The Morgan fingerprint density at radius 2 is 2.38 bits per heavy atom. The summed E-state index contributed by atoms with van der Waals surface area (Å²) < 4.78 is 4.56. The zero-order valence-electron chi connectivity index (χ0n) is 8.30. The van der Waals surface area contributed by atoms with Crippen LogP contribution in [-0.4, -0.2) is 19.2 Å². The van der Waals surface area contributed by atoms with E-state index in [0.717, 1.165) is 12.0 Å². The first-order valence-electron chi connectivity index (χ1n) is 4.71. The number of carbonyl (C=O) groups excluding carboxylic acids is 1. The molecule has 3 nitrogen and oxygen atoms in total. The Morgan fingerprint density at radius 3 is 2.77 bits per heavy atom. The molecule has 1 atom stereocenters. The smallest absolute Gasteiger partial charge is 0.407 e. The minimum atomic E-state index is -0.355. The van der Waals surface area contributed by atoms with E-state index in [9.17, 15) is 4.79 Å². The molecule has 1 saturated carbocycles. The second-order valence-electron chi connectivity index (χ2n) is 3.46. The Balaban J connectivity index is 0.00000169. The zero-order valence-corrected chi connectivity index (χ0v) is 8.30. The summed E-state index contributed by atoms with van der Waals surface area (Å²) in [4.78, 5) is 11.0. The normalized spacial score (nSPS) is 17.7. The first kappa shape index (κ1) is 10.1. The van der Waals surface area contributed by atoms with E-state index < -0.39 is 0 Å². The standard InChI is InChI=1S/C10H17NO2.H2/c1-4-7(2)9(8-5-6-8)11-10(12)13-3;/h8-9H,2,4-6H2,1,3H3,(H,11,12);1H/t9-;/m1./s1. The summed E-state index contributed by atoms with van der Waals surface area (Å²) in [7, 11) is 1.38. The summed E-state index contributed by atoms with van der Waals surface area (Å²) in [6.07, 6.45) is 2.93. The molecule has 1 rings (SSSR count). The number of methoxy groups -OCH3 is 1. The molecule has 1 amide bonds. The molecule has 76 valence electrons. The number of ether oxygens (including phenoxy) is 1. The predicted molar refractivity (Wildman–Crippen MR) is 53.6 cm³/mol. The fourth-order valence-corrected chi connectivity index (χ4v) is 1.39. The molecule has 0 unspecified atom stereocenters. The quantitative estimate of drug-likeness (QED) is 0.683. The number of hydrogen-bond acceptors (Lipinski definition) is 2. The van der Waals surface area contributed by atoms with Crippen LogP contribution in [0.4, 0.5) is 4.79 Å². The van der Waals surface area contributed by atoms with Gasteiger partial charge in [0.25, 0.3) is 0 Å². The van der Waals surface area contributed by atoms with Crippen LogP contribution < -0.4 is 5.32 Å². The third-order valence-corrected chi connectivity index (χ3v) is 2.45. The molecule has 0 heterocycles. The summed E-state index contributed by atoms with van der Waals surface area (Å²) in [5, 5.41) is 2.82. The van der Waals surface area contributed by atoms with Gasteiger partial charge in [-0.15, -0.1) is 0 Å². The van der Waals surface area contributed by atoms with E-state index in [1.54, 1.807) is 0 Å². The summed E-state index contributed by atoms with van der Waals surface area (Å²) in [5.74, 6) is 0.589. The fourth-order valence-electron chi connectivity index (χ4n) is 1.39. The van der Waals surface area contributed by atoms with Crippen LogP contribution in [0.15, 0.2) is 12.2 Å². The largest absolute Gasteiger partial charge is 0.453 e. The Labute approximate surface area is 80.6 Å². The maximum absolute atomic E-state index is 11.0. The van der Waals surface area contributed by atoms with Gasteiger partial charge in [-0.05, 0) is 25.2 Å². The minimum absolute atomic E-state index is 0. The SMILES string of the molecule is C=C(CC)[C@@H](NC(=O)OC)C1CC1.[HH]. The third-order valence-electron chi connectivity index (χ3n) is 2.45. The number of rotatable bonds is 4. The highest BCUT2D eigenvalue weighted by molar-refractivity contribution is 5.68. The van der Waals surface area contributed by atoms with Gasteiger partial charge in [-0.2, -0.15) is 0 Å². The Bertz CT molecular complexity index is 214. The van der Waals surface area contributed by atoms with Gasteiger partial charge in [-0.25, -0.2) is 4.79 Å². The van der Waals surface area contributed by atoms with Crippen molar-refractivity contribution < 1.29 is 11.0 Å². The molecule has 0 bridgehead atoms. The van der Waals surface area contributed by atoms with Crippen molar-refractivity contribution in [2.75, 3.05) is 7.11 Å². The average molecular weight is 185 g/mol. The molecule has 0 radical (unpaired) electrons. The highest BCUT2D eigenvalue weighted by Gasteiger charge is 2.33. The Hall–Kier alpha value is -0.990. The fraction of sp³-hybridized carbons (Fsp3) is 0.700. The second kappa shape index (κ2) is 4.30. The summed E-state index contributed by atoms with van der Waals surface area (Å²) in [6, 6.07) is 0.123. The molecule has 0 spiro atoms. The molecule has 1 aliphatic rings. The summed E-state index contributed by atoms with van der Waals surface area (Å²) in [5.41, 5.74) is 1.09. The minimum Gasteiger partial charge on any atom is -0.453 e. The molecule has 1 N–H and O–H groups in total. The first-order valence-corrected chi connectivity index (χ1v) is 4.71. The van der Waals surface area contributed by atoms with Crippen LogP contribution >= 0.6 is 0 Å². The number of alkyl carbamates (subject to hydrolysis) is 1. The molecule has 0 aromatic rings. The highest BCUT2D eigenvalue weighted by atomic mass is 16.5. The van der Waals surface area contributed by atoms with Crippen LogP contribution in [-0.2, 0) is 4.74 Å². The van der Waals surface area contributed by atoms with Crippen molar-refractivity contribution in [2.24, 2.45) is 5.92 Å². The molecular weight excluding hydrogens is 166 g/mol. The number of amides is 1. The van der Waals surface area contributed by atoms with Crippen molar-refractivity contribution in [1.82, 2.24) is 5.32 Å². The van der Waals surface area contributed by atoms with Gasteiger partial charge in [-0.3, -0.25) is 0 Å². The molecule has 1 fully saturated rings. The lowest BCUT2D eigenvalue weighted by Crippen LogP contribution is -2.37. The average Bonchev–Trinajstić information content (AvgIpc) is 2.95. The number of nitrogens with one attached hydrogen (secondary N) is 1. The van der Waals surface area contributed by atoms with Crippen LogP contribution in [0.5, 0.6) is 0 Å². The van der Waals surface area contributed by atoms with Gasteiger partial charge in [0.1, 0.15) is 0 Å². The van der Waals surface area contributed by atoms with E-state index in [1.165, 1.54) is 20.0 Å². The molecule has 0 aromatic carbocycles. The third kappa shape index (κ3) is 2.76. The lowest BCUT2D eigenvalue weighted by Gasteiger charge is -2.18. The van der Waals surface area contributed by atoms with Crippen molar-refractivity contribution in [3.05, 3.63) is 12.2 Å². The molecule has 13 heavy (non-hydrogen) atoms. The van der Waals surface area contributed by atoms with Crippen molar-refractivity contribution in [3.63, 3.8) is 0 Å². The molecule has 0 aliphatic heterocycles. The van der Waals surface area contributed by atoms with Crippen LogP contribution in [0.2, 0.25) is 0 Å². The van der Waals surface area contributed by atoms with Gasteiger partial charge in [0.05, 0.1) is 13.2 Å². The lowest BCUT2D eigenvalue weighted by atomic mass is 10.0. The van der Waals surface area contributed by atoms with Crippen molar-refractivity contribution >= 4 is 6.09 Å². The van der Waals surface area contributed by atoms with Gasteiger partial charge >= 0.3 is 6.09 Å². The van der Waals surface area contributed by atoms with E-state index in [2.05, 4.69) is 23.6 Å². The van der Waals surface area contributed by atoms with Gasteiger partial charge < -0.3 is 10.1 Å². The lowest BCUT2D eigenvalue weighted by molar-refractivity contribution is 0.167. The van der Waals surface area contributed by atoms with E-state index in [4.69, 9.17) is 0 Å². The summed E-state index contributed by atoms with van der Waals surface area (Å²) in [6.45, 7) is 6.00. The predicted octanol–water partition coefficient (Wildman–Crippen LogP) is 2.33. The van der Waals surface area contributed by atoms with Crippen molar-refractivity contribution in [1.29, 1.82) is 0 Å². The number of hydrogen-bond donors (Lipinski definition) is 1. The monoisotopic (exact) mass is 185 g/mol. The van der Waals surface area contributed by atoms with Crippen LogP contribution in [0.25, 0.3) is 0 Å². The Kier molecular flexibility index (Phi) is 3.34. The Morgan fingerprint density at radius 1 is 1.77 bits per heavy atom. The molecule has 0 saturated heterocycles. The molecule has 3 heteroatoms. The molecular formula is C10H19NO2. The second-order valence-corrected chi connectivity index (χ2v) is 3.46.